The lowest BCUT2D eigenvalue weighted by Crippen LogP contribution is -2.52. The number of nitrogens with two attached hydrogens (primary N) is 1. The van der Waals surface area contributed by atoms with Crippen LogP contribution in [-0.4, -0.2) is 48.0 Å². The highest BCUT2D eigenvalue weighted by atomic mass is 16.5. The van der Waals surface area contributed by atoms with E-state index in [9.17, 15) is 9.59 Å². The number of carbonyl (C=O) groups is 2. The van der Waals surface area contributed by atoms with Gasteiger partial charge in [-0.05, 0) is 44.7 Å². The average Bonchev–Trinajstić information content (AvgIpc) is 3.35. The molecule has 1 fully saturated rings. The minimum atomic E-state index is -0.481. The van der Waals surface area contributed by atoms with Crippen molar-refractivity contribution in [2.45, 2.75) is 64.6 Å². The lowest BCUT2D eigenvalue weighted by molar-refractivity contribution is -0.130. The van der Waals surface area contributed by atoms with Crippen molar-refractivity contribution in [2.24, 2.45) is 22.1 Å². The van der Waals surface area contributed by atoms with E-state index < -0.39 is 5.54 Å². The van der Waals surface area contributed by atoms with Gasteiger partial charge in [-0.2, -0.15) is 0 Å². The molecule has 0 bridgehead atoms. The van der Waals surface area contributed by atoms with Gasteiger partial charge in [-0.25, -0.2) is 4.99 Å². The Morgan fingerprint density at radius 2 is 2.13 bits per heavy atom. The summed E-state index contributed by atoms with van der Waals surface area (Å²) in [7, 11) is 1.62. The van der Waals surface area contributed by atoms with Crippen molar-refractivity contribution in [1.82, 2.24) is 10.2 Å². The molecule has 1 aromatic rings. The van der Waals surface area contributed by atoms with E-state index in [1.807, 2.05) is 45.9 Å². The van der Waals surface area contributed by atoms with Crippen LogP contribution in [0.3, 0.4) is 0 Å². The van der Waals surface area contributed by atoms with Crippen molar-refractivity contribution in [3.63, 3.8) is 0 Å². The second-order valence-electron chi connectivity index (χ2n) is 9.95. The number of nitrogens with one attached hydrogen (secondary N) is 1. The average molecular weight is 429 g/mol. The molecule has 1 aliphatic carbocycles. The number of nitrogens with zero attached hydrogens (tertiary/aromatic N) is 2. The van der Waals surface area contributed by atoms with Gasteiger partial charge in [0.05, 0.1) is 36.8 Å². The van der Waals surface area contributed by atoms with E-state index in [1.165, 1.54) is 4.90 Å². The highest BCUT2D eigenvalue weighted by Crippen LogP contribution is 2.53. The molecule has 4 atom stereocenters. The van der Waals surface area contributed by atoms with E-state index in [4.69, 9.17) is 15.2 Å². The Kier molecular flexibility index (Phi) is 5.14. The highest BCUT2D eigenvalue weighted by molar-refractivity contribution is 5.99. The van der Waals surface area contributed by atoms with Crippen molar-refractivity contribution in [3.8, 4) is 11.5 Å². The number of methoxy groups -OCH3 is 1. The Balaban J connectivity index is 1.46. The minimum Gasteiger partial charge on any atom is -0.496 e. The third kappa shape index (κ3) is 4.07. The summed E-state index contributed by atoms with van der Waals surface area (Å²) in [5.74, 6) is 1.46. The molecule has 8 heteroatoms. The van der Waals surface area contributed by atoms with Crippen molar-refractivity contribution in [3.05, 3.63) is 23.8 Å². The summed E-state index contributed by atoms with van der Waals surface area (Å²) in [6, 6.07) is 5.48. The van der Waals surface area contributed by atoms with Crippen LogP contribution in [0.25, 0.3) is 0 Å². The first-order valence-electron chi connectivity index (χ1n) is 10.8. The fourth-order valence-electron chi connectivity index (χ4n) is 4.79. The number of benzene rings is 1. The number of ether oxygens (including phenoxy) is 2. The number of carbonyl (C=O) groups excluding carboxylic acids is 2. The zero-order chi connectivity index (χ0) is 22.6. The maximum Gasteiger partial charge on any atom is 0.231 e. The van der Waals surface area contributed by atoms with Gasteiger partial charge in [-0.15, -0.1) is 0 Å². The monoisotopic (exact) mass is 428 g/mol. The van der Waals surface area contributed by atoms with Crippen molar-refractivity contribution in [2.75, 3.05) is 13.7 Å². The number of hydrogen-bond donors (Lipinski definition) is 2. The Hall–Kier alpha value is -2.77. The molecule has 0 aromatic heterocycles. The number of rotatable bonds is 5. The Morgan fingerprint density at radius 1 is 1.39 bits per heavy atom. The van der Waals surface area contributed by atoms with Crippen molar-refractivity contribution in [1.29, 1.82) is 0 Å². The van der Waals surface area contributed by atoms with Crippen LogP contribution in [0.4, 0.5) is 0 Å². The van der Waals surface area contributed by atoms with E-state index in [0.29, 0.717) is 31.6 Å². The number of hydrogen-bond acceptors (Lipinski definition) is 6. The number of amides is 2. The largest absolute Gasteiger partial charge is 0.496 e. The fourth-order valence-corrected chi connectivity index (χ4v) is 4.79. The van der Waals surface area contributed by atoms with E-state index in [-0.39, 0.29) is 41.3 Å². The van der Waals surface area contributed by atoms with Crippen LogP contribution < -0.4 is 20.5 Å². The first-order chi connectivity index (χ1) is 14.5. The Morgan fingerprint density at radius 3 is 2.81 bits per heavy atom. The fraction of sp³-hybridized carbons (Fsp3) is 0.609. The van der Waals surface area contributed by atoms with Crippen LogP contribution in [-0.2, 0) is 9.59 Å². The summed E-state index contributed by atoms with van der Waals surface area (Å²) >= 11 is 0. The molecule has 31 heavy (non-hydrogen) atoms. The zero-order valence-corrected chi connectivity index (χ0v) is 18.9. The third-order valence-corrected chi connectivity index (χ3v) is 6.57. The lowest BCUT2D eigenvalue weighted by Gasteiger charge is -2.34. The summed E-state index contributed by atoms with van der Waals surface area (Å²) in [5.41, 5.74) is 6.16. The normalized spacial score (nSPS) is 31.3. The van der Waals surface area contributed by atoms with E-state index in [1.54, 1.807) is 7.11 Å². The van der Waals surface area contributed by atoms with Crippen molar-refractivity contribution >= 4 is 17.8 Å². The van der Waals surface area contributed by atoms with E-state index >= 15 is 0 Å². The van der Waals surface area contributed by atoms with E-state index in [2.05, 4.69) is 10.3 Å². The predicted octanol–water partition coefficient (Wildman–Crippen LogP) is 2.38. The van der Waals surface area contributed by atoms with Crippen molar-refractivity contribution < 1.29 is 19.1 Å². The lowest BCUT2D eigenvalue weighted by atomic mass is 9.95. The second kappa shape index (κ2) is 7.43. The summed E-state index contributed by atoms with van der Waals surface area (Å²) in [4.78, 5) is 31.7. The highest BCUT2D eigenvalue weighted by Gasteiger charge is 2.56. The molecular weight excluding hydrogens is 396 g/mol. The molecule has 3 aliphatic rings. The molecule has 0 radical (unpaired) electrons. The minimum absolute atomic E-state index is 0.0131. The van der Waals surface area contributed by atoms with Crippen LogP contribution in [0.1, 0.15) is 58.6 Å². The molecule has 168 valence electrons. The molecule has 2 unspecified atom stereocenters. The van der Waals surface area contributed by atoms with Crippen LogP contribution in [0.2, 0.25) is 0 Å². The first kappa shape index (κ1) is 21.5. The number of guanidine groups is 1. The molecule has 0 saturated heterocycles. The Labute approximate surface area is 183 Å². The van der Waals surface area contributed by atoms with Gasteiger partial charge in [-0.3, -0.25) is 14.5 Å². The standard InChI is InChI=1S/C23H32N4O4/c1-13-9-15(19-16(30-5)7-6-8-17(19)31-13)25-20(29)14-10-23(14,4)12-27-18(28)11-22(2,3)26-21(27)24/h6-8,13-15H,9-12H2,1-5H3,(H2,24,26)(H,25,29)/t13?,14?,15-,23+/m0/s1. The number of aliphatic imine (C=N–C) groups is 1. The molecule has 3 N–H and O–H groups in total. The quantitative estimate of drug-likeness (QED) is 0.749. The van der Waals surface area contributed by atoms with Crippen LogP contribution in [0, 0.1) is 11.3 Å². The summed E-state index contributed by atoms with van der Waals surface area (Å²) in [6.07, 6.45) is 1.68. The molecule has 1 saturated carbocycles. The predicted molar refractivity (Wildman–Crippen MR) is 117 cm³/mol. The third-order valence-electron chi connectivity index (χ3n) is 6.57. The maximum absolute atomic E-state index is 13.2. The van der Waals surface area contributed by atoms with Crippen LogP contribution in [0.15, 0.2) is 23.2 Å². The summed E-state index contributed by atoms with van der Waals surface area (Å²) in [5, 5.41) is 3.21. The SMILES string of the molecule is COc1cccc2c1[C@@H](NC(=O)C1C[C@]1(C)CN1C(=O)CC(C)(C)N=C1N)CC(C)O2. The van der Waals surface area contributed by atoms with Gasteiger partial charge in [0.25, 0.3) is 0 Å². The molecule has 2 aliphatic heterocycles. The molecule has 4 rings (SSSR count). The maximum atomic E-state index is 13.2. The van der Waals surface area contributed by atoms with Gasteiger partial charge in [0.15, 0.2) is 5.96 Å². The number of fused-ring (bicyclic) bond motifs is 1. The summed E-state index contributed by atoms with van der Waals surface area (Å²) in [6.45, 7) is 8.21. The smallest absolute Gasteiger partial charge is 0.231 e. The van der Waals surface area contributed by atoms with Gasteiger partial charge < -0.3 is 20.5 Å². The molecule has 1 aromatic carbocycles. The van der Waals surface area contributed by atoms with Gasteiger partial charge in [0.2, 0.25) is 11.8 Å². The topological polar surface area (TPSA) is 106 Å². The van der Waals surface area contributed by atoms with E-state index in [0.717, 1.165) is 11.3 Å². The van der Waals surface area contributed by atoms with Gasteiger partial charge >= 0.3 is 0 Å². The molecular formula is C23H32N4O4. The molecule has 8 nitrogen and oxygen atoms in total. The molecule has 2 heterocycles. The van der Waals surface area contributed by atoms with Gasteiger partial charge in [0.1, 0.15) is 11.5 Å². The summed E-state index contributed by atoms with van der Waals surface area (Å²) < 4.78 is 11.5. The first-order valence-corrected chi connectivity index (χ1v) is 10.8. The molecule has 0 spiro atoms. The van der Waals surface area contributed by atoms with Crippen LogP contribution in [0.5, 0.6) is 11.5 Å². The Bertz CT molecular complexity index is 944. The van der Waals surface area contributed by atoms with Crippen LogP contribution >= 0.6 is 0 Å². The van der Waals surface area contributed by atoms with Gasteiger partial charge in [-0.1, -0.05) is 13.0 Å². The van der Waals surface area contributed by atoms with Gasteiger partial charge in [0, 0.05) is 18.9 Å². The second-order valence-corrected chi connectivity index (χ2v) is 9.95. The zero-order valence-electron chi connectivity index (χ0n) is 18.9. The molecule has 2 amide bonds.